The van der Waals surface area contributed by atoms with Crippen LogP contribution in [0.3, 0.4) is 0 Å². The van der Waals surface area contributed by atoms with E-state index in [0.29, 0.717) is 5.15 Å². The van der Waals surface area contributed by atoms with Gasteiger partial charge in [0.15, 0.2) is 11.0 Å². The molecule has 2 heterocycles. The summed E-state index contributed by atoms with van der Waals surface area (Å²) < 4.78 is 0. The lowest BCUT2D eigenvalue weighted by molar-refractivity contribution is 0.0969. The third-order valence-corrected chi connectivity index (χ3v) is 3.06. The van der Waals surface area contributed by atoms with E-state index >= 15 is 0 Å². The molecule has 2 atom stereocenters. The molecule has 4 nitrogen and oxygen atoms in total. The van der Waals surface area contributed by atoms with Crippen molar-refractivity contribution in [2.24, 2.45) is 5.92 Å². The molecule has 0 aromatic carbocycles. The summed E-state index contributed by atoms with van der Waals surface area (Å²) in [6.45, 7) is 3.59. The molecule has 0 spiro atoms. The van der Waals surface area contributed by atoms with Gasteiger partial charge in [0.25, 0.3) is 0 Å². The minimum Gasteiger partial charge on any atom is -0.393 e. The van der Waals surface area contributed by atoms with E-state index in [4.69, 9.17) is 11.6 Å². The maximum absolute atomic E-state index is 9.62. The highest BCUT2D eigenvalue weighted by atomic mass is 35.5. The molecule has 1 N–H and O–H groups in total. The van der Waals surface area contributed by atoms with Crippen molar-refractivity contribution < 1.29 is 5.11 Å². The summed E-state index contributed by atoms with van der Waals surface area (Å²) in [6, 6.07) is 0. The lowest BCUT2D eigenvalue weighted by atomic mass is 9.97. The molecule has 2 rings (SSSR count). The van der Waals surface area contributed by atoms with Gasteiger partial charge < -0.3 is 10.0 Å². The minimum atomic E-state index is -0.211. The molecule has 1 aliphatic rings. The van der Waals surface area contributed by atoms with Gasteiger partial charge in [-0.3, -0.25) is 0 Å². The minimum absolute atomic E-state index is 0.211. The molecule has 82 valence electrons. The van der Waals surface area contributed by atoms with E-state index in [9.17, 15) is 5.11 Å². The van der Waals surface area contributed by atoms with Crippen molar-refractivity contribution >= 4 is 17.4 Å². The number of aromatic nitrogens is 2. The van der Waals surface area contributed by atoms with E-state index in [2.05, 4.69) is 14.9 Å². The number of hydrogen-bond acceptors (Lipinski definition) is 4. The first kappa shape index (κ1) is 10.6. The smallest absolute Gasteiger partial charge is 0.171 e. The Morgan fingerprint density at radius 3 is 2.87 bits per heavy atom. The number of aliphatic hydroxyl groups is 1. The van der Waals surface area contributed by atoms with Crippen LogP contribution in [0.1, 0.15) is 13.3 Å². The molecule has 5 heteroatoms. The molecule has 0 amide bonds. The summed E-state index contributed by atoms with van der Waals surface area (Å²) in [4.78, 5) is 10.3. The average Bonchev–Trinajstić information content (AvgIpc) is 2.23. The van der Waals surface area contributed by atoms with Gasteiger partial charge in [-0.05, 0) is 12.3 Å². The highest BCUT2D eigenvalue weighted by molar-refractivity contribution is 6.31. The van der Waals surface area contributed by atoms with E-state index in [1.807, 2.05) is 6.92 Å². The molecule has 0 saturated carbocycles. The van der Waals surface area contributed by atoms with Crippen molar-refractivity contribution in [3.63, 3.8) is 0 Å². The Bertz CT molecular complexity index is 347. The zero-order chi connectivity index (χ0) is 10.8. The first-order valence-corrected chi connectivity index (χ1v) is 5.46. The first-order chi connectivity index (χ1) is 7.18. The third-order valence-electron chi connectivity index (χ3n) is 2.80. The van der Waals surface area contributed by atoms with E-state index in [0.717, 1.165) is 25.3 Å². The van der Waals surface area contributed by atoms with Crippen LogP contribution in [-0.4, -0.2) is 34.3 Å². The first-order valence-electron chi connectivity index (χ1n) is 5.08. The Morgan fingerprint density at radius 1 is 1.47 bits per heavy atom. The molecule has 0 radical (unpaired) electrons. The van der Waals surface area contributed by atoms with Gasteiger partial charge in [0.05, 0.1) is 6.10 Å². The van der Waals surface area contributed by atoms with Crippen molar-refractivity contribution in [3.05, 3.63) is 17.5 Å². The number of anilines is 1. The molecular formula is C10H14ClN3O. The van der Waals surface area contributed by atoms with Crippen LogP contribution in [0.25, 0.3) is 0 Å². The molecule has 1 aliphatic heterocycles. The third kappa shape index (κ3) is 2.21. The van der Waals surface area contributed by atoms with Gasteiger partial charge in [-0.2, -0.15) is 0 Å². The molecule has 1 aromatic heterocycles. The predicted octanol–water partition coefficient (Wildman–Crippen LogP) is 1.34. The van der Waals surface area contributed by atoms with Crippen LogP contribution in [-0.2, 0) is 0 Å². The standard InChI is InChI=1S/C10H14ClN3O/c1-7-6-14(5-2-8(7)15)10-9(11)12-3-4-13-10/h3-4,7-8,15H,2,5-6H2,1H3. The monoisotopic (exact) mass is 227 g/mol. The van der Waals surface area contributed by atoms with Crippen LogP contribution in [0.4, 0.5) is 5.82 Å². The van der Waals surface area contributed by atoms with E-state index < -0.39 is 0 Å². The Kier molecular flexibility index (Phi) is 3.07. The molecular weight excluding hydrogens is 214 g/mol. The highest BCUT2D eigenvalue weighted by Gasteiger charge is 2.26. The predicted molar refractivity (Wildman–Crippen MR) is 59.0 cm³/mol. The van der Waals surface area contributed by atoms with Gasteiger partial charge in [0.2, 0.25) is 0 Å². The average molecular weight is 228 g/mol. The van der Waals surface area contributed by atoms with Gasteiger partial charge in [0, 0.05) is 25.5 Å². The topological polar surface area (TPSA) is 49.2 Å². The largest absolute Gasteiger partial charge is 0.393 e. The van der Waals surface area contributed by atoms with Crippen molar-refractivity contribution in [2.75, 3.05) is 18.0 Å². The van der Waals surface area contributed by atoms with Crippen molar-refractivity contribution in [1.29, 1.82) is 0 Å². The zero-order valence-electron chi connectivity index (χ0n) is 8.60. The number of aliphatic hydroxyl groups excluding tert-OH is 1. The lowest BCUT2D eigenvalue weighted by Crippen LogP contribution is -2.42. The number of rotatable bonds is 1. The van der Waals surface area contributed by atoms with Crippen LogP contribution in [0.2, 0.25) is 5.15 Å². The number of hydrogen-bond donors (Lipinski definition) is 1. The van der Waals surface area contributed by atoms with Crippen molar-refractivity contribution in [1.82, 2.24) is 9.97 Å². The Labute approximate surface area is 93.9 Å². The molecule has 0 bridgehead atoms. The second-order valence-corrected chi connectivity index (χ2v) is 4.31. The summed E-state index contributed by atoms with van der Waals surface area (Å²) in [5, 5.41) is 10.0. The fourth-order valence-electron chi connectivity index (χ4n) is 1.85. The fourth-order valence-corrected chi connectivity index (χ4v) is 2.08. The molecule has 2 unspecified atom stereocenters. The Balaban J connectivity index is 2.15. The van der Waals surface area contributed by atoms with Crippen molar-refractivity contribution in [2.45, 2.75) is 19.4 Å². The number of halogens is 1. The Hall–Kier alpha value is -0.870. The molecule has 1 fully saturated rings. The molecule has 1 saturated heterocycles. The van der Waals surface area contributed by atoms with Gasteiger partial charge in [-0.1, -0.05) is 18.5 Å². The van der Waals surface area contributed by atoms with Crippen LogP contribution in [0, 0.1) is 5.92 Å². The fraction of sp³-hybridized carbons (Fsp3) is 0.600. The molecule has 0 aliphatic carbocycles. The van der Waals surface area contributed by atoms with Crippen LogP contribution in [0.5, 0.6) is 0 Å². The highest BCUT2D eigenvalue weighted by Crippen LogP contribution is 2.25. The molecule has 15 heavy (non-hydrogen) atoms. The maximum atomic E-state index is 9.62. The summed E-state index contributed by atoms with van der Waals surface area (Å²) in [6.07, 6.45) is 3.76. The number of nitrogens with zero attached hydrogens (tertiary/aromatic N) is 3. The van der Waals surface area contributed by atoms with E-state index in [1.54, 1.807) is 12.4 Å². The zero-order valence-corrected chi connectivity index (χ0v) is 9.35. The van der Waals surface area contributed by atoms with Gasteiger partial charge in [-0.15, -0.1) is 0 Å². The summed E-state index contributed by atoms with van der Waals surface area (Å²) in [5.41, 5.74) is 0. The normalized spacial score (nSPS) is 26.7. The van der Waals surface area contributed by atoms with Crippen molar-refractivity contribution in [3.8, 4) is 0 Å². The quantitative estimate of drug-likeness (QED) is 0.787. The van der Waals surface area contributed by atoms with Gasteiger partial charge in [0.1, 0.15) is 0 Å². The molecule has 1 aromatic rings. The lowest BCUT2D eigenvalue weighted by Gasteiger charge is -2.35. The van der Waals surface area contributed by atoms with Crippen LogP contribution >= 0.6 is 11.6 Å². The van der Waals surface area contributed by atoms with Crippen LogP contribution in [0.15, 0.2) is 12.4 Å². The maximum Gasteiger partial charge on any atom is 0.171 e. The van der Waals surface area contributed by atoms with E-state index in [-0.39, 0.29) is 12.0 Å². The van der Waals surface area contributed by atoms with Gasteiger partial charge >= 0.3 is 0 Å². The summed E-state index contributed by atoms with van der Waals surface area (Å²) in [5.74, 6) is 0.967. The van der Waals surface area contributed by atoms with E-state index in [1.165, 1.54) is 0 Å². The second kappa shape index (κ2) is 4.33. The van der Waals surface area contributed by atoms with Crippen LogP contribution < -0.4 is 4.90 Å². The number of piperidine rings is 1. The van der Waals surface area contributed by atoms with Gasteiger partial charge in [-0.25, -0.2) is 9.97 Å². The second-order valence-electron chi connectivity index (χ2n) is 3.95. The Morgan fingerprint density at radius 2 is 2.20 bits per heavy atom. The summed E-state index contributed by atoms with van der Waals surface area (Å²) >= 11 is 5.96. The summed E-state index contributed by atoms with van der Waals surface area (Å²) in [7, 11) is 0. The SMILES string of the molecule is CC1CN(c2nccnc2Cl)CCC1O.